The first kappa shape index (κ1) is 10.7. The lowest BCUT2D eigenvalue weighted by atomic mass is 10.1. The molecule has 16 heavy (non-hydrogen) atoms. The molecule has 0 bridgehead atoms. The largest absolute Gasteiger partial charge is 0.465 e. The van der Waals surface area contributed by atoms with E-state index < -0.39 is 0 Å². The van der Waals surface area contributed by atoms with E-state index in [4.69, 9.17) is 9.15 Å². The maximum absolute atomic E-state index is 11.7. The molecule has 0 saturated heterocycles. The van der Waals surface area contributed by atoms with Crippen molar-refractivity contribution in [1.29, 1.82) is 0 Å². The monoisotopic (exact) mass is 218 g/mol. The summed E-state index contributed by atoms with van der Waals surface area (Å²) in [6, 6.07) is 7.52. The van der Waals surface area contributed by atoms with Gasteiger partial charge in [0.15, 0.2) is 0 Å². The Hall–Kier alpha value is -1.77. The zero-order valence-electron chi connectivity index (χ0n) is 9.45. The van der Waals surface area contributed by atoms with Crippen LogP contribution in [0.5, 0.6) is 0 Å². The quantitative estimate of drug-likeness (QED) is 0.743. The summed E-state index contributed by atoms with van der Waals surface area (Å²) in [6.45, 7) is 2.05. The number of hydrogen-bond acceptors (Lipinski definition) is 3. The van der Waals surface area contributed by atoms with Crippen LogP contribution in [0.2, 0.25) is 0 Å². The molecule has 2 aromatic rings. The molecule has 0 spiro atoms. The lowest BCUT2D eigenvalue weighted by Gasteiger charge is -1.99. The van der Waals surface area contributed by atoms with Gasteiger partial charge in [0.05, 0.1) is 7.11 Å². The van der Waals surface area contributed by atoms with Crippen LogP contribution < -0.4 is 0 Å². The first-order valence-electron chi connectivity index (χ1n) is 5.36. The van der Waals surface area contributed by atoms with E-state index in [1.807, 2.05) is 31.2 Å². The molecule has 0 aliphatic rings. The molecular formula is C13H14O3. The molecule has 3 heteroatoms. The van der Waals surface area contributed by atoms with Crippen molar-refractivity contribution in [2.24, 2.45) is 0 Å². The molecule has 0 saturated carbocycles. The van der Waals surface area contributed by atoms with E-state index in [1.165, 1.54) is 7.11 Å². The third-order valence-corrected chi connectivity index (χ3v) is 2.53. The number of carbonyl (C=O) groups excluding carboxylic acids is 1. The molecule has 0 radical (unpaired) electrons. The Labute approximate surface area is 94.0 Å². The van der Waals surface area contributed by atoms with E-state index in [9.17, 15) is 4.79 Å². The van der Waals surface area contributed by atoms with Crippen molar-refractivity contribution in [2.45, 2.75) is 19.8 Å². The molecular weight excluding hydrogens is 204 g/mol. The highest BCUT2D eigenvalue weighted by molar-refractivity contribution is 6.04. The Morgan fingerprint density at radius 1 is 1.38 bits per heavy atom. The fourth-order valence-corrected chi connectivity index (χ4v) is 1.83. The summed E-state index contributed by atoms with van der Waals surface area (Å²) < 4.78 is 10.5. The smallest absolute Gasteiger partial charge is 0.342 e. The summed E-state index contributed by atoms with van der Waals surface area (Å²) in [5.41, 5.74) is 1.31. The number of hydrogen-bond donors (Lipinski definition) is 0. The Morgan fingerprint density at radius 3 is 2.81 bits per heavy atom. The van der Waals surface area contributed by atoms with E-state index in [-0.39, 0.29) is 5.97 Å². The summed E-state index contributed by atoms with van der Waals surface area (Å²) in [5.74, 6) is 0.393. The molecule has 1 aromatic heterocycles. The summed E-state index contributed by atoms with van der Waals surface area (Å²) in [5, 5.41) is 0.831. The Morgan fingerprint density at radius 2 is 2.12 bits per heavy atom. The van der Waals surface area contributed by atoms with Gasteiger partial charge in [0, 0.05) is 11.8 Å². The summed E-state index contributed by atoms with van der Waals surface area (Å²) in [6.07, 6.45) is 1.68. The Balaban J connectivity index is 2.64. The maximum Gasteiger partial charge on any atom is 0.342 e. The molecule has 2 rings (SSSR count). The third-order valence-electron chi connectivity index (χ3n) is 2.53. The molecule has 3 nitrogen and oxygen atoms in total. The molecule has 0 unspecified atom stereocenters. The van der Waals surface area contributed by atoms with E-state index in [0.717, 1.165) is 29.6 Å². The van der Waals surface area contributed by atoms with Crippen molar-refractivity contribution in [2.75, 3.05) is 7.11 Å². The van der Waals surface area contributed by atoms with Crippen LogP contribution >= 0.6 is 0 Å². The van der Waals surface area contributed by atoms with Gasteiger partial charge in [-0.25, -0.2) is 4.79 Å². The highest BCUT2D eigenvalue weighted by Gasteiger charge is 2.20. The molecule has 1 heterocycles. The highest BCUT2D eigenvalue weighted by atomic mass is 16.5. The summed E-state index contributed by atoms with van der Waals surface area (Å²) in [4.78, 5) is 11.7. The van der Waals surface area contributed by atoms with Gasteiger partial charge < -0.3 is 9.15 Å². The van der Waals surface area contributed by atoms with Gasteiger partial charge in [0.25, 0.3) is 0 Å². The number of furan rings is 1. The molecule has 0 atom stereocenters. The summed E-state index contributed by atoms with van der Waals surface area (Å²) in [7, 11) is 1.39. The first-order valence-corrected chi connectivity index (χ1v) is 5.36. The van der Waals surface area contributed by atoms with Crippen LogP contribution in [-0.4, -0.2) is 13.1 Å². The van der Waals surface area contributed by atoms with Crippen molar-refractivity contribution in [3.8, 4) is 0 Å². The van der Waals surface area contributed by atoms with Crippen molar-refractivity contribution < 1.29 is 13.9 Å². The van der Waals surface area contributed by atoms with E-state index in [0.29, 0.717) is 5.56 Å². The SMILES string of the molecule is CCCc1oc2ccccc2c1C(=O)OC. The zero-order valence-corrected chi connectivity index (χ0v) is 9.45. The minimum atomic E-state index is -0.326. The standard InChI is InChI=1S/C13H14O3/c1-3-6-11-12(13(14)15-2)9-7-4-5-8-10(9)16-11/h4-5,7-8H,3,6H2,1-2H3. The van der Waals surface area contributed by atoms with Gasteiger partial charge in [-0.3, -0.25) is 0 Å². The molecule has 0 aliphatic carbocycles. The number of esters is 1. The Bertz CT molecular complexity index is 511. The number of para-hydroxylation sites is 1. The average Bonchev–Trinajstić information content (AvgIpc) is 2.66. The zero-order chi connectivity index (χ0) is 11.5. The van der Waals surface area contributed by atoms with Gasteiger partial charge >= 0.3 is 5.97 Å². The second-order valence-corrected chi connectivity index (χ2v) is 3.64. The van der Waals surface area contributed by atoms with Crippen LogP contribution in [-0.2, 0) is 11.2 Å². The van der Waals surface area contributed by atoms with E-state index in [2.05, 4.69) is 0 Å². The van der Waals surface area contributed by atoms with Gasteiger partial charge in [-0.15, -0.1) is 0 Å². The van der Waals surface area contributed by atoms with Gasteiger partial charge in [-0.05, 0) is 12.5 Å². The third kappa shape index (κ3) is 1.69. The van der Waals surface area contributed by atoms with Crippen molar-refractivity contribution >= 4 is 16.9 Å². The molecule has 0 fully saturated rings. The number of carbonyl (C=O) groups is 1. The Kier molecular flexibility index (Phi) is 2.95. The maximum atomic E-state index is 11.7. The number of methoxy groups -OCH3 is 1. The normalized spacial score (nSPS) is 10.6. The second-order valence-electron chi connectivity index (χ2n) is 3.64. The van der Waals surface area contributed by atoms with Crippen molar-refractivity contribution in [3.63, 3.8) is 0 Å². The number of rotatable bonds is 3. The molecule has 0 aliphatic heterocycles. The van der Waals surface area contributed by atoms with Gasteiger partial charge in [-0.2, -0.15) is 0 Å². The number of benzene rings is 1. The molecule has 0 amide bonds. The number of ether oxygens (including phenoxy) is 1. The highest BCUT2D eigenvalue weighted by Crippen LogP contribution is 2.27. The van der Waals surface area contributed by atoms with Crippen LogP contribution in [0.25, 0.3) is 11.0 Å². The molecule has 84 valence electrons. The van der Waals surface area contributed by atoms with Gasteiger partial charge in [-0.1, -0.05) is 25.1 Å². The lowest BCUT2D eigenvalue weighted by Crippen LogP contribution is -2.03. The number of aryl methyl sites for hydroxylation is 1. The number of fused-ring (bicyclic) bond motifs is 1. The van der Waals surface area contributed by atoms with E-state index in [1.54, 1.807) is 0 Å². The van der Waals surface area contributed by atoms with Crippen LogP contribution in [0.4, 0.5) is 0 Å². The fraction of sp³-hybridized carbons (Fsp3) is 0.308. The first-order chi connectivity index (χ1) is 7.77. The minimum Gasteiger partial charge on any atom is -0.465 e. The van der Waals surface area contributed by atoms with Crippen LogP contribution in [0.1, 0.15) is 29.5 Å². The average molecular weight is 218 g/mol. The molecule has 1 aromatic carbocycles. The predicted octanol–water partition coefficient (Wildman–Crippen LogP) is 3.17. The van der Waals surface area contributed by atoms with Crippen LogP contribution in [0, 0.1) is 0 Å². The van der Waals surface area contributed by atoms with Gasteiger partial charge in [0.2, 0.25) is 0 Å². The second kappa shape index (κ2) is 4.39. The fourth-order valence-electron chi connectivity index (χ4n) is 1.83. The summed E-state index contributed by atoms with van der Waals surface area (Å²) >= 11 is 0. The van der Waals surface area contributed by atoms with Crippen molar-refractivity contribution in [1.82, 2.24) is 0 Å². The van der Waals surface area contributed by atoms with E-state index >= 15 is 0 Å². The lowest BCUT2D eigenvalue weighted by molar-refractivity contribution is 0.0600. The molecule has 0 N–H and O–H groups in total. The topological polar surface area (TPSA) is 39.4 Å². The van der Waals surface area contributed by atoms with Crippen molar-refractivity contribution in [3.05, 3.63) is 35.6 Å². The van der Waals surface area contributed by atoms with Crippen LogP contribution in [0.3, 0.4) is 0 Å². The van der Waals surface area contributed by atoms with Gasteiger partial charge in [0.1, 0.15) is 16.9 Å². The minimum absolute atomic E-state index is 0.326. The van der Waals surface area contributed by atoms with Crippen LogP contribution in [0.15, 0.2) is 28.7 Å². The predicted molar refractivity (Wildman–Crippen MR) is 61.5 cm³/mol.